The molecular formula is C63H98O32. The number of carboxylic acid groups (broad SMARTS) is 1. The van der Waals surface area contributed by atoms with Gasteiger partial charge in [-0.25, -0.2) is 4.79 Å². The van der Waals surface area contributed by atoms with Crippen LogP contribution in [0.2, 0.25) is 0 Å². The molecule has 11 aliphatic rings. The van der Waals surface area contributed by atoms with Gasteiger partial charge in [0.1, 0.15) is 122 Å². The Kier molecular flexibility index (Phi) is 21.1. The van der Waals surface area contributed by atoms with E-state index in [1.54, 1.807) is 6.92 Å². The van der Waals surface area contributed by atoms with Crippen molar-refractivity contribution in [3.05, 3.63) is 11.6 Å². The van der Waals surface area contributed by atoms with E-state index in [-0.39, 0.29) is 30.6 Å². The smallest absolute Gasteiger partial charge is 0.335 e. The van der Waals surface area contributed by atoms with Crippen LogP contribution < -0.4 is 0 Å². The first-order valence-electron chi connectivity index (χ1n) is 33.0. The summed E-state index contributed by atoms with van der Waals surface area (Å²) >= 11 is 0. The van der Waals surface area contributed by atoms with Crippen molar-refractivity contribution in [2.45, 2.75) is 284 Å². The van der Waals surface area contributed by atoms with E-state index < -0.39 is 255 Å². The molecule has 32 heteroatoms. The van der Waals surface area contributed by atoms with Crippen molar-refractivity contribution in [3.63, 3.8) is 0 Å². The Morgan fingerprint density at radius 1 is 0.547 bits per heavy atom. The maximum absolute atomic E-state index is 15.5. The second-order valence-electron chi connectivity index (χ2n) is 30.3. The molecule has 542 valence electrons. The molecule has 0 aromatic carbocycles. The van der Waals surface area contributed by atoms with Gasteiger partial charge in [-0.1, -0.05) is 53.2 Å². The summed E-state index contributed by atoms with van der Waals surface area (Å²) in [7, 11) is 0. The van der Waals surface area contributed by atoms with Gasteiger partial charge in [0.05, 0.1) is 50.2 Å². The predicted molar refractivity (Wildman–Crippen MR) is 311 cm³/mol. The molecule has 0 radical (unpaired) electrons. The fourth-order valence-corrected chi connectivity index (χ4v) is 18.5. The molecular weight excluding hydrogens is 1270 g/mol. The van der Waals surface area contributed by atoms with E-state index in [2.05, 4.69) is 40.7 Å². The van der Waals surface area contributed by atoms with Crippen molar-refractivity contribution in [1.29, 1.82) is 0 Å². The number of carboxylic acids is 1. The van der Waals surface area contributed by atoms with Crippen LogP contribution in [0.3, 0.4) is 0 Å². The molecule has 6 saturated heterocycles. The van der Waals surface area contributed by atoms with E-state index in [9.17, 15) is 96.4 Å². The Hall–Kier alpha value is -2.73. The van der Waals surface area contributed by atoms with Gasteiger partial charge in [0.25, 0.3) is 0 Å². The lowest BCUT2D eigenvalue weighted by molar-refractivity contribution is -0.375. The van der Waals surface area contributed by atoms with Crippen LogP contribution in [0.4, 0.5) is 0 Å². The van der Waals surface area contributed by atoms with Crippen LogP contribution in [0.1, 0.15) is 106 Å². The van der Waals surface area contributed by atoms with Gasteiger partial charge in [0.15, 0.2) is 43.7 Å². The average Bonchev–Trinajstić information content (AvgIpc) is 0.645. The van der Waals surface area contributed by atoms with E-state index in [0.717, 1.165) is 11.9 Å². The Labute approximate surface area is 547 Å². The molecule has 0 bridgehead atoms. The molecule has 0 amide bonds. The molecule has 0 aromatic rings. The zero-order valence-electron chi connectivity index (χ0n) is 54.0. The van der Waals surface area contributed by atoms with Crippen molar-refractivity contribution in [3.8, 4) is 0 Å². The van der Waals surface area contributed by atoms with Crippen molar-refractivity contribution in [1.82, 2.24) is 0 Å². The van der Waals surface area contributed by atoms with Crippen LogP contribution in [0.25, 0.3) is 0 Å². The van der Waals surface area contributed by atoms with E-state index in [1.165, 1.54) is 6.92 Å². The maximum Gasteiger partial charge on any atom is 0.335 e. The number of hydrogen-bond acceptors (Lipinski definition) is 31. The minimum absolute atomic E-state index is 0.0847. The Morgan fingerprint density at radius 2 is 1.12 bits per heavy atom. The summed E-state index contributed by atoms with van der Waals surface area (Å²) in [5.41, 5.74) is -4.36. The predicted octanol–water partition coefficient (Wildman–Crippen LogP) is -5.20. The number of esters is 1. The van der Waals surface area contributed by atoms with Crippen molar-refractivity contribution in [2.24, 2.45) is 50.2 Å². The quantitative estimate of drug-likeness (QED) is 0.0315. The third-order valence-corrected chi connectivity index (χ3v) is 24.4. The SMILES string of the molecule is C[C@@H]1O[C@@H](O[C@H]2[C@H](OC(=O)[C@]34CCC(C)(C)C[C@H]3C3=CC[C@@H]5[C@@]6(C)CC[C@H](O[C@@H]7O[C@H](C(=O)O)[C@@H](O)[C@H](O)[C@H]7O[C@@H]7O[C@H](CO)[C@H](O)[C@H](O)[C@H]7O)[C@@](C)(C=O)[C@@H]6CC[C@@]5(C)[C@]3(C)C[C@H]4O)OC[C@H](O)[C@@H]2O)[C@H](O)[C@H](O)[C@H]1O[C@@H]1OC[C@@H](O)[C@H](O[C@@H]2OC[C@@H](O)[C@H](O)[C@H]2O)[C@H]1O. The number of ether oxygens (including phenoxy) is 12. The maximum atomic E-state index is 15.5. The molecule has 0 unspecified atom stereocenters. The highest BCUT2D eigenvalue weighted by atomic mass is 16.8. The first-order chi connectivity index (χ1) is 44.5. The van der Waals surface area contributed by atoms with Gasteiger partial charge < -0.3 is 148 Å². The zero-order valence-corrected chi connectivity index (χ0v) is 54.0. The lowest BCUT2D eigenvalue weighted by atomic mass is 9.33. The molecule has 32 nitrogen and oxygen atoms in total. The zero-order chi connectivity index (χ0) is 69.3. The van der Waals surface area contributed by atoms with Gasteiger partial charge in [0.2, 0.25) is 6.29 Å². The van der Waals surface area contributed by atoms with Gasteiger partial charge in [0, 0.05) is 0 Å². The van der Waals surface area contributed by atoms with E-state index in [4.69, 9.17) is 56.8 Å². The summed E-state index contributed by atoms with van der Waals surface area (Å²) in [4.78, 5) is 41.9. The number of allylic oxidation sites excluding steroid dienone is 2. The number of aliphatic carboxylic acids is 1. The second kappa shape index (κ2) is 27.2. The van der Waals surface area contributed by atoms with Gasteiger partial charge in [-0.05, 0) is 104 Å². The van der Waals surface area contributed by atoms with Gasteiger partial charge in [-0.15, -0.1) is 0 Å². The van der Waals surface area contributed by atoms with Crippen molar-refractivity contribution < 1.29 is 158 Å². The summed E-state index contributed by atoms with van der Waals surface area (Å²) in [6.45, 7) is 11.4. The van der Waals surface area contributed by atoms with Gasteiger partial charge in [-0.2, -0.15) is 0 Å². The topological polar surface area (TPSA) is 506 Å². The highest BCUT2D eigenvalue weighted by Crippen LogP contribution is 2.76. The first-order valence-corrected chi connectivity index (χ1v) is 33.0. The number of aldehydes is 1. The Bertz CT molecular complexity index is 2760. The molecule has 0 spiro atoms. The van der Waals surface area contributed by atoms with Gasteiger partial charge in [-0.3, -0.25) is 4.79 Å². The Morgan fingerprint density at radius 3 is 1.77 bits per heavy atom. The molecule has 6 aliphatic heterocycles. The minimum atomic E-state index is -2.11. The average molecular weight is 1370 g/mol. The second-order valence-corrected chi connectivity index (χ2v) is 30.3. The van der Waals surface area contributed by atoms with Crippen LogP contribution in [-0.2, 0) is 71.2 Å². The lowest BCUT2D eigenvalue weighted by Gasteiger charge is -2.71. The molecule has 37 atom stereocenters. The normalized spacial score (nSPS) is 54.7. The van der Waals surface area contributed by atoms with Crippen LogP contribution in [0.15, 0.2) is 11.6 Å². The van der Waals surface area contributed by atoms with Crippen LogP contribution in [-0.4, -0.2) is 310 Å². The fraction of sp³-hybridized carbons (Fsp3) is 0.921. The van der Waals surface area contributed by atoms with Crippen LogP contribution in [0.5, 0.6) is 0 Å². The summed E-state index contributed by atoms with van der Waals surface area (Å²) in [6, 6.07) is 0. The van der Waals surface area contributed by atoms with E-state index >= 15 is 4.79 Å². The standard InChI is InChI=1S/C63H98O32/c1-23-45(90-52-44(80)46(28(68)21-85-52)91-51-41(77)34(70)26(66)19-84-51)40(76)43(79)53(87-23)93-48-35(71)27(67)20-86-55(48)95-57(83)63-15-14-58(2,3)16-25(63)24-8-9-31-59(4)12-11-33(60(5,22-65)30(59)10-13-61(31,6)62(24,7)17-32(63)69)89-56-49(39(75)38(74)47(92-56)50(81)82)94-54-42(78)37(73)36(72)29(18-64)88-54/h8,22-23,25-49,51-56,64,66-80H,9-21H2,1-7H3,(H,81,82)/t23-,25-,26+,27-,28+,29+,30+,31+,32+,33-,34-,35-,36-,37-,38-,39-,40-,41+,42+,43+,44+,45-,46-,47-,48+,49+,51-,52-,53-,54-,55-,56+,59-,60-,61+,62+,63+/m0/s1. The van der Waals surface area contributed by atoms with Crippen molar-refractivity contribution >= 4 is 18.2 Å². The van der Waals surface area contributed by atoms with Gasteiger partial charge >= 0.3 is 11.9 Å². The first kappa shape index (κ1) is 73.5. The number of aliphatic hydroxyl groups is 16. The summed E-state index contributed by atoms with van der Waals surface area (Å²) in [5.74, 6) is -3.73. The third-order valence-electron chi connectivity index (χ3n) is 24.4. The summed E-state index contributed by atoms with van der Waals surface area (Å²) in [5, 5.41) is 186. The number of hydrogen-bond donors (Lipinski definition) is 17. The number of aliphatic hydroxyl groups excluding tert-OH is 16. The molecule has 6 heterocycles. The molecule has 10 fully saturated rings. The van der Waals surface area contributed by atoms with E-state index in [1.807, 2.05) is 0 Å². The minimum Gasteiger partial charge on any atom is -0.479 e. The number of carbonyl (C=O) groups excluding carboxylic acids is 2. The van der Waals surface area contributed by atoms with Crippen LogP contribution in [0, 0.1) is 50.2 Å². The highest BCUT2D eigenvalue weighted by molar-refractivity contribution is 5.80. The number of fused-ring (bicyclic) bond motifs is 7. The number of carbonyl (C=O) groups is 3. The highest BCUT2D eigenvalue weighted by Gasteiger charge is 2.73. The third kappa shape index (κ3) is 12.4. The van der Waals surface area contributed by atoms with Crippen molar-refractivity contribution in [2.75, 3.05) is 26.4 Å². The monoisotopic (exact) mass is 1370 g/mol. The molecule has 4 saturated carbocycles. The largest absolute Gasteiger partial charge is 0.479 e. The molecule has 17 N–H and O–H groups in total. The van der Waals surface area contributed by atoms with Crippen LogP contribution >= 0.6 is 0 Å². The molecule has 11 rings (SSSR count). The number of rotatable bonds is 15. The fourth-order valence-electron chi connectivity index (χ4n) is 18.5. The molecule has 0 aromatic heterocycles. The Balaban J connectivity index is 0.801. The summed E-state index contributed by atoms with van der Waals surface area (Å²) in [6.07, 6.45) is -43.6. The summed E-state index contributed by atoms with van der Waals surface area (Å²) < 4.78 is 70.5. The molecule has 95 heavy (non-hydrogen) atoms. The molecule has 5 aliphatic carbocycles. The lowest BCUT2D eigenvalue weighted by Crippen LogP contribution is -2.69. The van der Waals surface area contributed by atoms with E-state index in [0.29, 0.717) is 38.5 Å².